The molecule has 4 nitrogen and oxygen atoms in total. The summed E-state index contributed by atoms with van der Waals surface area (Å²) in [7, 11) is 1.69. The lowest BCUT2D eigenvalue weighted by atomic mass is 10.2. The zero-order chi connectivity index (χ0) is 14.5. The van der Waals surface area contributed by atoms with E-state index in [0.717, 1.165) is 35.2 Å². The first kappa shape index (κ1) is 14.8. The van der Waals surface area contributed by atoms with Gasteiger partial charge in [0, 0.05) is 11.4 Å². The third-order valence-corrected chi connectivity index (χ3v) is 4.31. The number of nitrogens with two attached hydrogens (primary N) is 1. The number of aromatic nitrogens is 1. The van der Waals surface area contributed by atoms with Crippen LogP contribution in [0.15, 0.2) is 24.3 Å². The number of nitrogens with zero attached hydrogens (tertiary/aromatic N) is 2. The Morgan fingerprint density at radius 3 is 2.65 bits per heavy atom. The monoisotopic (exact) mass is 291 g/mol. The number of hydrogen-bond donors (Lipinski definition) is 1. The number of anilines is 2. The van der Waals surface area contributed by atoms with E-state index in [-0.39, 0.29) is 0 Å². The molecule has 0 bridgehead atoms. The lowest BCUT2D eigenvalue weighted by Crippen LogP contribution is -2.21. The van der Waals surface area contributed by atoms with Crippen molar-refractivity contribution < 1.29 is 4.74 Å². The van der Waals surface area contributed by atoms with Gasteiger partial charge in [0.15, 0.2) is 5.13 Å². The number of para-hydroxylation sites is 2. The molecular weight excluding hydrogens is 270 g/mol. The van der Waals surface area contributed by atoms with E-state index >= 15 is 0 Å². The summed E-state index contributed by atoms with van der Waals surface area (Å²) in [6.07, 6.45) is 0.912. The van der Waals surface area contributed by atoms with Crippen molar-refractivity contribution in [1.82, 2.24) is 4.98 Å². The maximum atomic E-state index is 5.66. The van der Waals surface area contributed by atoms with Gasteiger partial charge in [-0.15, -0.1) is 11.3 Å². The van der Waals surface area contributed by atoms with Crippen molar-refractivity contribution in [3.8, 4) is 5.75 Å². The van der Waals surface area contributed by atoms with Gasteiger partial charge in [0.1, 0.15) is 5.75 Å². The summed E-state index contributed by atoms with van der Waals surface area (Å²) in [6.45, 7) is 5.64. The van der Waals surface area contributed by atoms with Crippen LogP contribution in [0.5, 0.6) is 5.75 Å². The fourth-order valence-corrected chi connectivity index (χ4v) is 2.94. The number of rotatable bonds is 6. The summed E-state index contributed by atoms with van der Waals surface area (Å²) in [5, 5.41) is 0.998. The predicted octanol–water partition coefficient (Wildman–Crippen LogP) is 3.26. The number of hydrogen-bond acceptors (Lipinski definition) is 5. The van der Waals surface area contributed by atoms with Gasteiger partial charge in [0.2, 0.25) is 0 Å². The molecule has 1 aromatic heterocycles. The summed E-state index contributed by atoms with van der Waals surface area (Å²) in [5.41, 5.74) is 7.78. The summed E-state index contributed by atoms with van der Waals surface area (Å²) in [5.74, 6) is 0.857. The molecule has 2 aromatic rings. The Bertz CT molecular complexity index is 548. The van der Waals surface area contributed by atoms with Gasteiger partial charge in [0.05, 0.1) is 18.5 Å². The molecule has 2 N–H and O–H groups in total. The van der Waals surface area contributed by atoms with Gasteiger partial charge in [-0.3, -0.25) is 0 Å². The number of aryl methyl sites for hydroxylation is 2. The maximum absolute atomic E-state index is 5.66. The predicted molar refractivity (Wildman–Crippen MR) is 85.3 cm³/mol. The lowest BCUT2D eigenvalue weighted by molar-refractivity contribution is 0.415. The zero-order valence-electron chi connectivity index (χ0n) is 12.2. The Labute approximate surface area is 124 Å². The van der Waals surface area contributed by atoms with Crippen LogP contribution in [-0.2, 0) is 0 Å². The topological polar surface area (TPSA) is 51.4 Å². The smallest absolute Gasteiger partial charge is 0.190 e. The Morgan fingerprint density at radius 2 is 2.05 bits per heavy atom. The second-order valence-corrected chi connectivity index (χ2v) is 5.79. The largest absolute Gasteiger partial charge is 0.495 e. The second kappa shape index (κ2) is 6.72. The number of benzene rings is 1. The van der Waals surface area contributed by atoms with Gasteiger partial charge in [-0.1, -0.05) is 12.1 Å². The highest BCUT2D eigenvalue weighted by Crippen LogP contribution is 2.36. The Balaban J connectivity index is 2.41. The Kier molecular flexibility index (Phi) is 4.98. The van der Waals surface area contributed by atoms with Crippen LogP contribution >= 0.6 is 11.3 Å². The summed E-state index contributed by atoms with van der Waals surface area (Å²) >= 11 is 1.71. The van der Waals surface area contributed by atoms with Crippen LogP contribution in [0.2, 0.25) is 0 Å². The average molecular weight is 291 g/mol. The van der Waals surface area contributed by atoms with Crippen LogP contribution < -0.4 is 15.4 Å². The van der Waals surface area contributed by atoms with Crippen molar-refractivity contribution in [2.75, 3.05) is 25.1 Å². The van der Waals surface area contributed by atoms with Crippen LogP contribution in [0.4, 0.5) is 10.8 Å². The minimum absolute atomic E-state index is 0.662. The van der Waals surface area contributed by atoms with E-state index in [1.54, 1.807) is 18.4 Å². The molecule has 1 heterocycles. The summed E-state index contributed by atoms with van der Waals surface area (Å²) < 4.78 is 5.47. The molecule has 20 heavy (non-hydrogen) atoms. The number of thiazole rings is 1. The molecular formula is C15H21N3OS. The van der Waals surface area contributed by atoms with Crippen LogP contribution in [0, 0.1) is 13.8 Å². The molecule has 0 saturated carbocycles. The van der Waals surface area contributed by atoms with Crippen molar-refractivity contribution in [2.24, 2.45) is 5.73 Å². The molecule has 0 radical (unpaired) electrons. The minimum Gasteiger partial charge on any atom is -0.495 e. The lowest BCUT2D eigenvalue weighted by Gasteiger charge is -2.23. The quantitative estimate of drug-likeness (QED) is 0.887. The third kappa shape index (κ3) is 3.11. The molecule has 0 unspecified atom stereocenters. The standard InChI is InChI=1S/C15H21N3OS/c1-11-12(2)20-15(17-11)18(10-6-9-16)13-7-4-5-8-14(13)19-3/h4-5,7-8H,6,9-10,16H2,1-3H3. The molecule has 0 fully saturated rings. The molecule has 0 spiro atoms. The van der Waals surface area contributed by atoms with Gasteiger partial charge in [0.25, 0.3) is 0 Å². The molecule has 0 saturated heterocycles. The molecule has 0 amide bonds. The van der Waals surface area contributed by atoms with Crippen molar-refractivity contribution in [2.45, 2.75) is 20.3 Å². The highest BCUT2D eigenvalue weighted by Gasteiger charge is 2.17. The number of ether oxygens (including phenoxy) is 1. The first-order chi connectivity index (χ1) is 9.67. The van der Waals surface area contributed by atoms with E-state index in [2.05, 4.69) is 22.9 Å². The van der Waals surface area contributed by atoms with E-state index in [4.69, 9.17) is 10.5 Å². The van der Waals surface area contributed by atoms with Gasteiger partial charge < -0.3 is 15.4 Å². The van der Waals surface area contributed by atoms with E-state index in [1.165, 1.54) is 4.88 Å². The normalized spacial score (nSPS) is 10.6. The Morgan fingerprint density at radius 1 is 1.30 bits per heavy atom. The van der Waals surface area contributed by atoms with E-state index in [0.29, 0.717) is 6.54 Å². The SMILES string of the molecule is COc1ccccc1N(CCCN)c1nc(C)c(C)s1. The molecule has 0 aliphatic carbocycles. The van der Waals surface area contributed by atoms with Crippen molar-refractivity contribution in [1.29, 1.82) is 0 Å². The fraction of sp³-hybridized carbons (Fsp3) is 0.400. The number of methoxy groups -OCH3 is 1. The fourth-order valence-electron chi connectivity index (χ4n) is 1.99. The highest BCUT2D eigenvalue weighted by atomic mass is 32.1. The van der Waals surface area contributed by atoms with Crippen LogP contribution in [-0.4, -0.2) is 25.2 Å². The van der Waals surface area contributed by atoms with Gasteiger partial charge >= 0.3 is 0 Å². The maximum Gasteiger partial charge on any atom is 0.190 e. The summed E-state index contributed by atoms with van der Waals surface area (Å²) in [4.78, 5) is 8.10. The molecule has 0 aliphatic heterocycles. The first-order valence-corrected chi connectivity index (χ1v) is 7.53. The van der Waals surface area contributed by atoms with E-state index in [9.17, 15) is 0 Å². The van der Waals surface area contributed by atoms with Crippen LogP contribution in [0.3, 0.4) is 0 Å². The minimum atomic E-state index is 0.662. The van der Waals surface area contributed by atoms with Crippen LogP contribution in [0.25, 0.3) is 0 Å². The molecule has 0 atom stereocenters. The Hall–Kier alpha value is -1.59. The molecule has 5 heteroatoms. The molecule has 108 valence electrons. The summed E-state index contributed by atoms with van der Waals surface area (Å²) in [6, 6.07) is 8.02. The van der Waals surface area contributed by atoms with Gasteiger partial charge in [-0.25, -0.2) is 4.98 Å². The van der Waals surface area contributed by atoms with Crippen molar-refractivity contribution in [3.05, 3.63) is 34.8 Å². The molecule has 0 aliphatic rings. The molecule has 2 rings (SSSR count). The first-order valence-electron chi connectivity index (χ1n) is 6.72. The average Bonchev–Trinajstić information content (AvgIpc) is 2.79. The van der Waals surface area contributed by atoms with Crippen LogP contribution in [0.1, 0.15) is 17.0 Å². The van der Waals surface area contributed by atoms with Crippen molar-refractivity contribution >= 4 is 22.2 Å². The zero-order valence-corrected chi connectivity index (χ0v) is 13.0. The third-order valence-electron chi connectivity index (χ3n) is 3.21. The van der Waals surface area contributed by atoms with E-state index in [1.807, 2.05) is 25.1 Å². The van der Waals surface area contributed by atoms with E-state index < -0.39 is 0 Å². The van der Waals surface area contributed by atoms with Gasteiger partial charge in [-0.05, 0) is 38.9 Å². The molecule has 1 aromatic carbocycles. The van der Waals surface area contributed by atoms with Gasteiger partial charge in [-0.2, -0.15) is 0 Å². The highest BCUT2D eigenvalue weighted by molar-refractivity contribution is 7.15. The second-order valence-electron chi connectivity index (χ2n) is 4.60. The van der Waals surface area contributed by atoms with Crippen molar-refractivity contribution in [3.63, 3.8) is 0 Å².